The number of rotatable bonds is 3. The summed E-state index contributed by atoms with van der Waals surface area (Å²) in [5.41, 5.74) is 1.53. The molecule has 0 radical (unpaired) electrons. The summed E-state index contributed by atoms with van der Waals surface area (Å²) in [5, 5.41) is 10.9. The van der Waals surface area contributed by atoms with Crippen LogP contribution in [0.25, 0.3) is 0 Å². The second-order valence-corrected chi connectivity index (χ2v) is 5.48. The monoisotopic (exact) mass is 283 g/mol. The van der Waals surface area contributed by atoms with E-state index in [0.717, 1.165) is 17.5 Å². The van der Waals surface area contributed by atoms with Crippen LogP contribution < -0.4 is 0 Å². The molecule has 1 aliphatic carbocycles. The Morgan fingerprint density at radius 2 is 2.05 bits per heavy atom. The zero-order chi connectivity index (χ0) is 14.9. The van der Waals surface area contributed by atoms with Crippen molar-refractivity contribution in [1.82, 2.24) is 14.9 Å². The Hall–Kier alpha value is -2.27. The van der Waals surface area contributed by atoms with Crippen molar-refractivity contribution in [2.24, 2.45) is 0 Å². The molecule has 0 aliphatic heterocycles. The number of carbonyl (C=O) groups excluding carboxylic acids is 1. The minimum Gasteiger partial charge on any atom is -0.383 e. The van der Waals surface area contributed by atoms with Crippen molar-refractivity contribution in [2.75, 3.05) is 13.6 Å². The number of likely N-dealkylation sites (N-methyl/N-ethyl adjacent to an activating group) is 1. The minimum atomic E-state index is -0.976. The van der Waals surface area contributed by atoms with Crippen LogP contribution in [0.15, 0.2) is 43.0 Å². The highest BCUT2D eigenvalue weighted by atomic mass is 16.3. The summed E-state index contributed by atoms with van der Waals surface area (Å²) in [6, 6.07) is 7.86. The van der Waals surface area contributed by atoms with E-state index in [-0.39, 0.29) is 12.5 Å². The first kappa shape index (κ1) is 13.7. The highest BCUT2D eigenvalue weighted by Crippen LogP contribution is 2.37. The third-order valence-corrected chi connectivity index (χ3v) is 3.98. The maximum atomic E-state index is 12.3. The van der Waals surface area contributed by atoms with Gasteiger partial charge in [0.25, 0.3) is 5.91 Å². The first-order valence-corrected chi connectivity index (χ1v) is 6.91. The van der Waals surface area contributed by atoms with Crippen LogP contribution in [0, 0.1) is 0 Å². The van der Waals surface area contributed by atoms with Gasteiger partial charge < -0.3 is 10.0 Å². The molecular weight excluding hydrogens is 266 g/mol. The van der Waals surface area contributed by atoms with E-state index in [4.69, 9.17) is 0 Å². The molecule has 0 spiro atoms. The fourth-order valence-electron chi connectivity index (χ4n) is 2.93. The summed E-state index contributed by atoms with van der Waals surface area (Å²) >= 11 is 0. The number of hydrogen-bond donors (Lipinski definition) is 1. The number of hydrogen-bond acceptors (Lipinski definition) is 4. The lowest BCUT2D eigenvalue weighted by atomic mass is 9.95. The van der Waals surface area contributed by atoms with E-state index >= 15 is 0 Å². The van der Waals surface area contributed by atoms with E-state index in [9.17, 15) is 9.90 Å². The standard InChI is InChI=1S/C16H17N3O2/c1-19(15(20)13-8-17-11-18-9-13)10-16(21)7-6-12-4-2-3-5-14(12)16/h2-5,8-9,11,21H,6-7,10H2,1H3. The van der Waals surface area contributed by atoms with Crippen molar-refractivity contribution in [3.05, 3.63) is 59.7 Å². The summed E-state index contributed by atoms with van der Waals surface area (Å²) in [7, 11) is 1.69. The Morgan fingerprint density at radius 1 is 1.33 bits per heavy atom. The molecule has 0 bridgehead atoms. The molecule has 1 aliphatic rings. The third-order valence-electron chi connectivity index (χ3n) is 3.98. The number of nitrogens with zero attached hydrogens (tertiary/aromatic N) is 3. The van der Waals surface area contributed by atoms with E-state index in [1.807, 2.05) is 24.3 Å². The zero-order valence-corrected chi connectivity index (χ0v) is 11.9. The molecule has 0 fully saturated rings. The quantitative estimate of drug-likeness (QED) is 0.924. The molecule has 1 N–H and O–H groups in total. The van der Waals surface area contributed by atoms with E-state index in [2.05, 4.69) is 9.97 Å². The maximum Gasteiger partial charge on any atom is 0.256 e. The Kier molecular flexibility index (Phi) is 3.43. The van der Waals surface area contributed by atoms with E-state index in [0.29, 0.717) is 12.0 Å². The van der Waals surface area contributed by atoms with Crippen LogP contribution in [-0.4, -0.2) is 39.5 Å². The molecule has 2 aromatic rings. The molecule has 1 atom stereocenters. The van der Waals surface area contributed by atoms with Gasteiger partial charge in [-0.1, -0.05) is 24.3 Å². The van der Waals surface area contributed by atoms with Gasteiger partial charge in [0.05, 0.1) is 12.1 Å². The van der Waals surface area contributed by atoms with Crippen LogP contribution in [0.2, 0.25) is 0 Å². The van der Waals surface area contributed by atoms with Gasteiger partial charge in [-0.25, -0.2) is 9.97 Å². The fourth-order valence-corrected chi connectivity index (χ4v) is 2.93. The van der Waals surface area contributed by atoms with Crippen molar-refractivity contribution in [2.45, 2.75) is 18.4 Å². The van der Waals surface area contributed by atoms with Crippen molar-refractivity contribution in [3.63, 3.8) is 0 Å². The van der Waals surface area contributed by atoms with Crippen LogP contribution in [0.4, 0.5) is 0 Å². The van der Waals surface area contributed by atoms with Crippen molar-refractivity contribution in [1.29, 1.82) is 0 Å². The molecule has 1 aromatic carbocycles. The SMILES string of the molecule is CN(CC1(O)CCc2ccccc21)C(=O)c1cncnc1. The Labute approximate surface area is 123 Å². The summed E-state index contributed by atoms with van der Waals surface area (Å²) in [5.74, 6) is -0.187. The molecule has 1 heterocycles. The van der Waals surface area contributed by atoms with Gasteiger partial charge in [0.15, 0.2) is 0 Å². The number of benzene rings is 1. The number of amides is 1. The smallest absolute Gasteiger partial charge is 0.256 e. The molecule has 0 saturated carbocycles. The molecule has 3 rings (SSSR count). The highest BCUT2D eigenvalue weighted by molar-refractivity contribution is 5.93. The van der Waals surface area contributed by atoms with Gasteiger partial charge in [-0.3, -0.25) is 4.79 Å². The van der Waals surface area contributed by atoms with Gasteiger partial charge in [-0.05, 0) is 24.0 Å². The molecule has 5 heteroatoms. The van der Waals surface area contributed by atoms with E-state index in [1.54, 1.807) is 7.05 Å². The Balaban J connectivity index is 1.79. The number of carbonyl (C=O) groups is 1. The minimum absolute atomic E-state index is 0.187. The number of aromatic nitrogens is 2. The molecule has 5 nitrogen and oxygen atoms in total. The lowest BCUT2D eigenvalue weighted by Crippen LogP contribution is -2.40. The van der Waals surface area contributed by atoms with Gasteiger partial charge in [0, 0.05) is 19.4 Å². The lowest BCUT2D eigenvalue weighted by Gasteiger charge is -2.29. The number of aliphatic hydroxyl groups is 1. The van der Waals surface area contributed by atoms with Crippen LogP contribution >= 0.6 is 0 Å². The summed E-state index contributed by atoms with van der Waals surface area (Å²) in [6.07, 6.45) is 5.83. The predicted molar refractivity (Wildman–Crippen MR) is 77.7 cm³/mol. The second-order valence-electron chi connectivity index (χ2n) is 5.48. The first-order valence-electron chi connectivity index (χ1n) is 6.91. The average molecular weight is 283 g/mol. The normalized spacial score (nSPS) is 20.1. The van der Waals surface area contributed by atoms with Crippen molar-refractivity contribution >= 4 is 5.91 Å². The molecular formula is C16H17N3O2. The topological polar surface area (TPSA) is 66.3 Å². The van der Waals surface area contributed by atoms with Gasteiger partial charge in [0.1, 0.15) is 11.9 Å². The second kappa shape index (κ2) is 5.26. The largest absolute Gasteiger partial charge is 0.383 e. The van der Waals surface area contributed by atoms with E-state index < -0.39 is 5.60 Å². The predicted octanol–water partition coefficient (Wildman–Crippen LogP) is 1.38. The van der Waals surface area contributed by atoms with Gasteiger partial charge in [0.2, 0.25) is 0 Å². The Morgan fingerprint density at radius 3 is 2.81 bits per heavy atom. The van der Waals surface area contributed by atoms with Crippen molar-refractivity contribution < 1.29 is 9.90 Å². The molecule has 0 saturated heterocycles. The molecule has 108 valence electrons. The number of fused-ring (bicyclic) bond motifs is 1. The van der Waals surface area contributed by atoms with Crippen LogP contribution in [0.3, 0.4) is 0 Å². The molecule has 1 unspecified atom stereocenters. The highest BCUT2D eigenvalue weighted by Gasteiger charge is 2.38. The van der Waals surface area contributed by atoms with Gasteiger partial charge >= 0.3 is 0 Å². The third kappa shape index (κ3) is 2.52. The summed E-state index contributed by atoms with van der Waals surface area (Å²) in [6.45, 7) is 0.262. The molecule has 21 heavy (non-hydrogen) atoms. The van der Waals surface area contributed by atoms with Crippen molar-refractivity contribution in [3.8, 4) is 0 Å². The molecule has 1 aromatic heterocycles. The molecule has 1 amide bonds. The van der Waals surface area contributed by atoms with Crippen LogP contribution in [0.5, 0.6) is 0 Å². The van der Waals surface area contributed by atoms with Crippen LogP contribution in [0.1, 0.15) is 27.9 Å². The first-order chi connectivity index (χ1) is 10.1. The van der Waals surface area contributed by atoms with E-state index in [1.165, 1.54) is 23.6 Å². The van der Waals surface area contributed by atoms with Gasteiger partial charge in [-0.15, -0.1) is 0 Å². The maximum absolute atomic E-state index is 12.3. The van der Waals surface area contributed by atoms with Gasteiger partial charge in [-0.2, -0.15) is 0 Å². The summed E-state index contributed by atoms with van der Waals surface area (Å²) in [4.78, 5) is 21.6. The summed E-state index contributed by atoms with van der Waals surface area (Å²) < 4.78 is 0. The average Bonchev–Trinajstić information content (AvgIpc) is 2.85. The zero-order valence-electron chi connectivity index (χ0n) is 11.9. The lowest BCUT2D eigenvalue weighted by molar-refractivity contribution is 0.00803. The fraction of sp³-hybridized carbons (Fsp3) is 0.312. The Bertz CT molecular complexity index is 660. The number of aryl methyl sites for hydroxylation is 1. The van der Waals surface area contributed by atoms with Crippen LogP contribution in [-0.2, 0) is 12.0 Å².